The van der Waals surface area contributed by atoms with E-state index in [4.69, 9.17) is 14.0 Å². The molecule has 13 heavy (non-hydrogen) atoms. The van der Waals surface area contributed by atoms with Crippen molar-refractivity contribution < 1.29 is 14.0 Å². The molecule has 0 saturated carbocycles. The first-order chi connectivity index (χ1) is 6.36. The Kier molecular flexibility index (Phi) is 2.47. The molecule has 0 aliphatic carbocycles. The molecule has 0 amide bonds. The standard InChI is InChI=1S/C8H11NO4/c10-7-2-4-13-9(7)3-1-8-11-5-6-12-8/h2,4,8H,1,3,5-6H2. The normalized spacial score (nSPS) is 18.2. The van der Waals surface area contributed by atoms with Crippen molar-refractivity contribution in [1.82, 2.24) is 4.74 Å². The topological polar surface area (TPSA) is 53.6 Å². The first-order valence-electron chi connectivity index (χ1n) is 4.24. The predicted molar refractivity (Wildman–Crippen MR) is 43.3 cm³/mol. The summed E-state index contributed by atoms with van der Waals surface area (Å²) in [5.74, 6) is 0. The van der Waals surface area contributed by atoms with Gasteiger partial charge in [0.15, 0.2) is 6.29 Å². The van der Waals surface area contributed by atoms with E-state index >= 15 is 0 Å². The van der Waals surface area contributed by atoms with Crippen LogP contribution < -0.4 is 5.56 Å². The fourth-order valence-electron chi connectivity index (χ4n) is 1.26. The van der Waals surface area contributed by atoms with E-state index in [1.165, 1.54) is 17.1 Å². The van der Waals surface area contributed by atoms with E-state index in [0.29, 0.717) is 26.2 Å². The van der Waals surface area contributed by atoms with Gasteiger partial charge in [0.2, 0.25) is 0 Å². The van der Waals surface area contributed by atoms with Gasteiger partial charge in [-0.1, -0.05) is 0 Å². The van der Waals surface area contributed by atoms with Gasteiger partial charge < -0.3 is 14.0 Å². The molecule has 2 rings (SSSR count). The van der Waals surface area contributed by atoms with E-state index in [-0.39, 0.29) is 11.8 Å². The number of rotatable bonds is 3. The summed E-state index contributed by atoms with van der Waals surface area (Å²) in [6.07, 6.45) is 1.84. The van der Waals surface area contributed by atoms with Gasteiger partial charge >= 0.3 is 0 Å². The van der Waals surface area contributed by atoms with Crippen molar-refractivity contribution in [3.63, 3.8) is 0 Å². The minimum atomic E-state index is -0.183. The maximum absolute atomic E-state index is 11.0. The number of ether oxygens (including phenoxy) is 2. The average molecular weight is 185 g/mol. The molecule has 1 aliphatic heterocycles. The molecule has 0 aromatic carbocycles. The molecule has 5 heteroatoms. The lowest BCUT2D eigenvalue weighted by Crippen LogP contribution is -2.18. The summed E-state index contributed by atoms with van der Waals surface area (Å²) in [6.45, 7) is 1.77. The second-order valence-corrected chi connectivity index (χ2v) is 2.81. The van der Waals surface area contributed by atoms with Gasteiger partial charge in [-0.05, 0) is 0 Å². The summed E-state index contributed by atoms with van der Waals surface area (Å²) < 4.78 is 16.6. The first kappa shape index (κ1) is 8.52. The van der Waals surface area contributed by atoms with Gasteiger partial charge in [-0.3, -0.25) is 4.79 Å². The van der Waals surface area contributed by atoms with E-state index in [1.54, 1.807) is 0 Å². The Morgan fingerprint density at radius 2 is 2.23 bits per heavy atom. The largest absolute Gasteiger partial charge is 0.384 e. The Morgan fingerprint density at radius 1 is 1.46 bits per heavy atom. The molecule has 0 bridgehead atoms. The molecule has 2 heterocycles. The quantitative estimate of drug-likeness (QED) is 0.675. The Labute approximate surface area is 74.8 Å². The third-order valence-corrected chi connectivity index (χ3v) is 1.90. The van der Waals surface area contributed by atoms with Gasteiger partial charge in [-0.25, -0.2) is 0 Å². The number of aromatic nitrogens is 1. The molecule has 5 nitrogen and oxygen atoms in total. The molecule has 0 spiro atoms. The third kappa shape index (κ3) is 1.99. The molecule has 1 fully saturated rings. The zero-order valence-electron chi connectivity index (χ0n) is 7.14. The fraction of sp³-hybridized carbons (Fsp3) is 0.625. The highest BCUT2D eigenvalue weighted by atomic mass is 16.7. The van der Waals surface area contributed by atoms with E-state index in [9.17, 15) is 4.79 Å². The van der Waals surface area contributed by atoms with Crippen LogP contribution in [0.5, 0.6) is 0 Å². The van der Waals surface area contributed by atoms with Crippen LogP contribution in [0.25, 0.3) is 0 Å². The van der Waals surface area contributed by atoms with Crippen molar-refractivity contribution in [3.05, 3.63) is 22.7 Å². The average Bonchev–Trinajstić information content (AvgIpc) is 2.72. The second kappa shape index (κ2) is 3.76. The van der Waals surface area contributed by atoms with Gasteiger partial charge in [-0.2, -0.15) is 4.74 Å². The zero-order chi connectivity index (χ0) is 9.10. The summed E-state index contributed by atoms with van der Waals surface area (Å²) in [7, 11) is 0. The van der Waals surface area contributed by atoms with Crippen molar-refractivity contribution in [3.8, 4) is 0 Å². The van der Waals surface area contributed by atoms with Crippen LogP contribution in [0.1, 0.15) is 6.42 Å². The zero-order valence-corrected chi connectivity index (χ0v) is 7.14. The Balaban J connectivity index is 1.85. The molecule has 0 unspecified atom stereocenters. The molecule has 0 radical (unpaired) electrons. The van der Waals surface area contributed by atoms with E-state index in [2.05, 4.69) is 0 Å². The van der Waals surface area contributed by atoms with Crippen LogP contribution in [-0.2, 0) is 16.0 Å². The van der Waals surface area contributed by atoms with Crippen LogP contribution in [0.4, 0.5) is 0 Å². The van der Waals surface area contributed by atoms with E-state index in [0.717, 1.165) is 0 Å². The highest BCUT2D eigenvalue weighted by Gasteiger charge is 2.15. The van der Waals surface area contributed by atoms with Crippen molar-refractivity contribution in [2.45, 2.75) is 19.3 Å². The van der Waals surface area contributed by atoms with Gasteiger partial charge in [0.25, 0.3) is 5.56 Å². The molecule has 72 valence electrons. The second-order valence-electron chi connectivity index (χ2n) is 2.81. The number of hydrogen-bond donors (Lipinski definition) is 0. The summed E-state index contributed by atoms with van der Waals surface area (Å²) >= 11 is 0. The SMILES string of the molecule is O=c1ccon1CCC1OCCO1. The lowest BCUT2D eigenvalue weighted by atomic mass is 10.4. The van der Waals surface area contributed by atoms with Gasteiger partial charge in [-0.15, -0.1) is 0 Å². The number of aryl methyl sites for hydroxylation is 1. The van der Waals surface area contributed by atoms with Crippen molar-refractivity contribution in [2.75, 3.05) is 13.2 Å². The van der Waals surface area contributed by atoms with Crippen LogP contribution in [-0.4, -0.2) is 24.2 Å². The smallest absolute Gasteiger partial charge is 0.282 e. The van der Waals surface area contributed by atoms with Crippen LogP contribution in [0.2, 0.25) is 0 Å². The van der Waals surface area contributed by atoms with Gasteiger partial charge in [0.05, 0.1) is 19.8 Å². The summed E-state index contributed by atoms with van der Waals surface area (Å²) in [6, 6.07) is 1.39. The molecule has 1 aliphatic rings. The molecule has 1 aromatic rings. The minimum absolute atomic E-state index is 0.127. The predicted octanol–water partition coefficient (Wildman–Crippen LogP) is 0.204. The number of hydrogen-bond acceptors (Lipinski definition) is 4. The third-order valence-electron chi connectivity index (χ3n) is 1.90. The Bertz CT molecular complexity index is 310. The van der Waals surface area contributed by atoms with Crippen LogP contribution in [0.3, 0.4) is 0 Å². The molecule has 1 aromatic heterocycles. The monoisotopic (exact) mass is 185 g/mol. The minimum Gasteiger partial charge on any atom is -0.384 e. The molecule has 0 atom stereocenters. The lowest BCUT2D eigenvalue weighted by molar-refractivity contribution is -0.0526. The fourth-order valence-corrected chi connectivity index (χ4v) is 1.26. The summed E-state index contributed by atoms with van der Waals surface area (Å²) in [4.78, 5) is 11.0. The highest BCUT2D eigenvalue weighted by Crippen LogP contribution is 2.08. The van der Waals surface area contributed by atoms with Crippen LogP contribution in [0, 0.1) is 0 Å². The molecular formula is C8H11NO4. The summed E-state index contributed by atoms with van der Waals surface area (Å²) in [5, 5.41) is 0. The molecule has 1 saturated heterocycles. The lowest BCUT2D eigenvalue weighted by Gasteiger charge is -2.07. The van der Waals surface area contributed by atoms with Crippen molar-refractivity contribution >= 4 is 0 Å². The van der Waals surface area contributed by atoms with Crippen molar-refractivity contribution in [2.24, 2.45) is 0 Å². The van der Waals surface area contributed by atoms with Crippen LogP contribution in [0.15, 0.2) is 21.6 Å². The molecular weight excluding hydrogens is 174 g/mol. The van der Waals surface area contributed by atoms with Gasteiger partial charge in [0, 0.05) is 12.5 Å². The van der Waals surface area contributed by atoms with Crippen molar-refractivity contribution in [1.29, 1.82) is 0 Å². The van der Waals surface area contributed by atoms with E-state index < -0.39 is 0 Å². The maximum atomic E-state index is 11.0. The molecule has 0 N–H and O–H groups in total. The first-order valence-corrected chi connectivity index (χ1v) is 4.24. The maximum Gasteiger partial charge on any atom is 0.282 e. The summed E-state index contributed by atoms with van der Waals surface area (Å²) in [5.41, 5.74) is -0.127. The van der Waals surface area contributed by atoms with Crippen LogP contribution >= 0.6 is 0 Å². The van der Waals surface area contributed by atoms with E-state index in [1.807, 2.05) is 0 Å². The number of nitrogens with zero attached hydrogens (tertiary/aromatic N) is 1. The highest BCUT2D eigenvalue weighted by molar-refractivity contribution is 4.75. The Morgan fingerprint density at radius 3 is 2.85 bits per heavy atom. The van der Waals surface area contributed by atoms with Gasteiger partial charge in [0.1, 0.15) is 6.26 Å². The Hall–Kier alpha value is -1.07.